The van der Waals surface area contributed by atoms with E-state index in [0.29, 0.717) is 6.42 Å². The molecule has 0 bridgehead atoms. The van der Waals surface area contributed by atoms with E-state index in [1.165, 1.54) is 16.7 Å². The molecule has 1 unspecified atom stereocenters. The smallest absolute Gasteiger partial charge is 0.222 e. The Balaban J connectivity index is 1.96. The van der Waals surface area contributed by atoms with E-state index in [-0.39, 0.29) is 11.8 Å². The Labute approximate surface area is 125 Å². The number of aryl methyl sites for hydroxylation is 1. The SMILES string of the molecule is CCCC(=O)N1Cc2ccccc2C(c2cnn(C)c2)C1. The van der Waals surface area contributed by atoms with Crippen molar-refractivity contribution in [1.29, 1.82) is 0 Å². The first-order valence-corrected chi connectivity index (χ1v) is 7.53. The summed E-state index contributed by atoms with van der Waals surface area (Å²) in [6.45, 7) is 3.53. The molecule has 1 aromatic carbocycles. The van der Waals surface area contributed by atoms with Gasteiger partial charge in [0.05, 0.1) is 6.20 Å². The van der Waals surface area contributed by atoms with Crippen molar-refractivity contribution in [1.82, 2.24) is 14.7 Å². The van der Waals surface area contributed by atoms with E-state index in [1.807, 2.05) is 35.8 Å². The summed E-state index contributed by atoms with van der Waals surface area (Å²) in [7, 11) is 1.93. The summed E-state index contributed by atoms with van der Waals surface area (Å²) in [6.07, 6.45) is 5.49. The zero-order valence-electron chi connectivity index (χ0n) is 12.6. The lowest BCUT2D eigenvalue weighted by atomic mass is 9.86. The number of hydrogen-bond donors (Lipinski definition) is 0. The molecule has 0 radical (unpaired) electrons. The lowest BCUT2D eigenvalue weighted by molar-refractivity contribution is -0.132. The maximum atomic E-state index is 12.3. The van der Waals surface area contributed by atoms with Gasteiger partial charge >= 0.3 is 0 Å². The summed E-state index contributed by atoms with van der Waals surface area (Å²) in [4.78, 5) is 14.3. The number of carbonyl (C=O) groups is 1. The van der Waals surface area contributed by atoms with E-state index in [4.69, 9.17) is 0 Å². The van der Waals surface area contributed by atoms with Crippen molar-refractivity contribution in [2.45, 2.75) is 32.2 Å². The van der Waals surface area contributed by atoms with Crippen LogP contribution in [0, 0.1) is 0 Å². The fourth-order valence-electron chi connectivity index (χ4n) is 3.07. The molecule has 1 aromatic heterocycles. The maximum Gasteiger partial charge on any atom is 0.222 e. The Morgan fingerprint density at radius 3 is 2.90 bits per heavy atom. The number of aromatic nitrogens is 2. The largest absolute Gasteiger partial charge is 0.337 e. The minimum atomic E-state index is 0.226. The summed E-state index contributed by atoms with van der Waals surface area (Å²) in [5, 5.41) is 4.28. The van der Waals surface area contributed by atoms with Crippen LogP contribution < -0.4 is 0 Å². The van der Waals surface area contributed by atoms with Crippen molar-refractivity contribution < 1.29 is 4.79 Å². The molecular weight excluding hydrogens is 262 g/mol. The van der Waals surface area contributed by atoms with Crippen LogP contribution in [0.25, 0.3) is 0 Å². The predicted octanol–water partition coefficient (Wildman–Crippen LogP) is 2.69. The van der Waals surface area contributed by atoms with Gasteiger partial charge in [0.2, 0.25) is 5.91 Å². The van der Waals surface area contributed by atoms with Crippen molar-refractivity contribution in [3.05, 3.63) is 53.3 Å². The number of rotatable bonds is 3. The molecular formula is C17H21N3O. The zero-order chi connectivity index (χ0) is 14.8. The number of carbonyl (C=O) groups excluding carboxylic acids is 1. The average Bonchev–Trinajstić information content (AvgIpc) is 2.93. The van der Waals surface area contributed by atoms with Crippen LogP contribution in [0.15, 0.2) is 36.7 Å². The molecule has 0 saturated carbocycles. The highest BCUT2D eigenvalue weighted by atomic mass is 16.2. The van der Waals surface area contributed by atoms with Gasteiger partial charge in [-0.2, -0.15) is 5.10 Å². The molecule has 0 aliphatic carbocycles. The molecule has 0 fully saturated rings. The molecule has 2 aromatic rings. The van der Waals surface area contributed by atoms with Crippen LogP contribution in [0.5, 0.6) is 0 Å². The second-order valence-electron chi connectivity index (χ2n) is 5.72. The number of benzene rings is 1. The fraction of sp³-hybridized carbons (Fsp3) is 0.412. The molecule has 1 aliphatic rings. The molecule has 1 atom stereocenters. The van der Waals surface area contributed by atoms with Gasteiger partial charge in [-0.3, -0.25) is 9.48 Å². The highest BCUT2D eigenvalue weighted by molar-refractivity contribution is 5.76. The Hall–Kier alpha value is -2.10. The van der Waals surface area contributed by atoms with Gasteiger partial charge in [-0.1, -0.05) is 31.2 Å². The van der Waals surface area contributed by atoms with Crippen LogP contribution in [-0.2, 0) is 18.4 Å². The first-order valence-electron chi connectivity index (χ1n) is 7.53. The van der Waals surface area contributed by atoms with E-state index in [1.54, 1.807) is 0 Å². The standard InChI is InChI=1S/C17H21N3O/c1-3-6-17(21)20-11-13-7-4-5-8-15(13)16(12-20)14-9-18-19(2)10-14/h4-5,7-10,16H,3,6,11-12H2,1-2H3. The normalized spacial score (nSPS) is 17.6. The van der Waals surface area contributed by atoms with Crippen molar-refractivity contribution >= 4 is 5.91 Å². The van der Waals surface area contributed by atoms with Crippen LogP contribution in [0.4, 0.5) is 0 Å². The first kappa shape index (κ1) is 13.9. The maximum absolute atomic E-state index is 12.3. The number of hydrogen-bond acceptors (Lipinski definition) is 2. The topological polar surface area (TPSA) is 38.1 Å². The quantitative estimate of drug-likeness (QED) is 0.868. The highest BCUT2D eigenvalue weighted by Crippen LogP contribution is 2.33. The summed E-state index contributed by atoms with van der Waals surface area (Å²) in [5.41, 5.74) is 3.76. The predicted molar refractivity (Wildman–Crippen MR) is 81.8 cm³/mol. The third kappa shape index (κ3) is 2.71. The number of fused-ring (bicyclic) bond motifs is 1. The average molecular weight is 283 g/mol. The van der Waals surface area contributed by atoms with Crippen molar-refractivity contribution in [2.75, 3.05) is 6.54 Å². The van der Waals surface area contributed by atoms with E-state index in [0.717, 1.165) is 19.5 Å². The number of nitrogens with zero attached hydrogens (tertiary/aromatic N) is 3. The molecule has 4 heteroatoms. The molecule has 1 aliphatic heterocycles. The van der Waals surface area contributed by atoms with Gasteiger partial charge in [-0.25, -0.2) is 0 Å². The molecule has 3 rings (SSSR count). The molecule has 1 amide bonds. The highest BCUT2D eigenvalue weighted by Gasteiger charge is 2.29. The fourth-order valence-corrected chi connectivity index (χ4v) is 3.07. The van der Waals surface area contributed by atoms with Gasteiger partial charge in [0.1, 0.15) is 0 Å². The molecule has 21 heavy (non-hydrogen) atoms. The zero-order valence-corrected chi connectivity index (χ0v) is 12.6. The summed E-state index contributed by atoms with van der Waals surface area (Å²) >= 11 is 0. The monoisotopic (exact) mass is 283 g/mol. The van der Waals surface area contributed by atoms with Crippen molar-refractivity contribution in [2.24, 2.45) is 7.05 Å². The molecule has 4 nitrogen and oxygen atoms in total. The van der Waals surface area contributed by atoms with Crippen molar-refractivity contribution in [3.63, 3.8) is 0 Å². The molecule has 2 heterocycles. The van der Waals surface area contributed by atoms with Gasteiger partial charge < -0.3 is 4.90 Å². The molecule has 0 N–H and O–H groups in total. The molecule has 110 valence electrons. The van der Waals surface area contributed by atoms with Crippen LogP contribution in [0.2, 0.25) is 0 Å². The second kappa shape index (κ2) is 5.72. The summed E-state index contributed by atoms with van der Waals surface area (Å²) < 4.78 is 1.82. The third-order valence-corrected chi connectivity index (χ3v) is 4.14. The Kier molecular flexibility index (Phi) is 3.78. The Bertz CT molecular complexity index is 647. The van der Waals surface area contributed by atoms with Gasteiger partial charge in [0, 0.05) is 38.7 Å². The van der Waals surface area contributed by atoms with Crippen LogP contribution >= 0.6 is 0 Å². The van der Waals surface area contributed by atoms with Crippen molar-refractivity contribution in [3.8, 4) is 0 Å². The Morgan fingerprint density at radius 2 is 2.19 bits per heavy atom. The molecule has 0 saturated heterocycles. The minimum absolute atomic E-state index is 0.226. The Morgan fingerprint density at radius 1 is 1.38 bits per heavy atom. The lowest BCUT2D eigenvalue weighted by Crippen LogP contribution is -2.38. The number of amides is 1. The van der Waals surface area contributed by atoms with Crippen LogP contribution in [0.1, 0.15) is 42.4 Å². The minimum Gasteiger partial charge on any atom is -0.337 e. The van der Waals surface area contributed by atoms with E-state index < -0.39 is 0 Å². The van der Waals surface area contributed by atoms with E-state index in [2.05, 4.69) is 29.5 Å². The lowest BCUT2D eigenvalue weighted by Gasteiger charge is -2.34. The molecule has 0 spiro atoms. The first-order chi connectivity index (χ1) is 10.2. The van der Waals surface area contributed by atoms with Gasteiger partial charge in [0.25, 0.3) is 0 Å². The third-order valence-electron chi connectivity index (χ3n) is 4.14. The van der Waals surface area contributed by atoms with Gasteiger partial charge in [0.15, 0.2) is 0 Å². The van der Waals surface area contributed by atoms with E-state index >= 15 is 0 Å². The van der Waals surface area contributed by atoms with Crippen LogP contribution in [-0.4, -0.2) is 27.1 Å². The second-order valence-corrected chi connectivity index (χ2v) is 5.72. The van der Waals surface area contributed by atoms with E-state index in [9.17, 15) is 4.79 Å². The van der Waals surface area contributed by atoms with Gasteiger partial charge in [-0.05, 0) is 23.1 Å². The van der Waals surface area contributed by atoms with Crippen LogP contribution in [0.3, 0.4) is 0 Å². The summed E-state index contributed by atoms with van der Waals surface area (Å²) in [6, 6.07) is 8.43. The van der Waals surface area contributed by atoms with Gasteiger partial charge in [-0.15, -0.1) is 0 Å². The summed E-state index contributed by atoms with van der Waals surface area (Å²) in [5.74, 6) is 0.477.